The van der Waals surface area contributed by atoms with E-state index in [9.17, 15) is 9.90 Å². The molecule has 1 aromatic carbocycles. The minimum absolute atomic E-state index is 0.154. The van der Waals surface area contributed by atoms with Gasteiger partial charge in [0.2, 0.25) is 0 Å². The van der Waals surface area contributed by atoms with E-state index in [1.54, 1.807) is 11.3 Å². The van der Waals surface area contributed by atoms with Crippen LogP contribution in [0.5, 0.6) is 5.75 Å². The zero-order valence-corrected chi connectivity index (χ0v) is 20.0. The van der Waals surface area contributed by atoms with Gasteiger partial charge in [0.1, 0.15) is 5.75 Å². The summed E-state index contributed by atoms with van der Waals surface area (Å²) in [5.74, 6) is 1.52. The Balaban J connectivity index is 1.35. The fraction of sp³-hybridized carbons (Fsp3) is 0.692. The number of hydrogen-bond acceptors (Lipinski definition) is 4. The van der Waals surface area contributed by atoms with Gasteiger partial charge in [-0.1, -0.05) is 33.6 Å². The van der Waals surface area contributed by atoms with E-state index in [4.69, 9.17) is 9.72 Å². The van der Waals surface area contributed by atoms with Crippen molar-refractivity contribution in [2.45, 2.75) is 91.1 Å². The van der Waals surface area contributed by atoms with Crippen LogP contribution in [0.15, 0.2) is 18.2 Å². The highest BCUT2D eigenvalue weighted by Gasteiger charge is 2.30. The first kappa shape index (κ1) is 22.6. The number of aromatic nitrogens is 1. The number of carbonyl (C=O) groups is 1. The van der Waals surface area contributed by atoms with E-state index in [2.05, 4.69) is 39.0 Å². The predicted molar refractivity (Wildman–Crippen MR) is 127 cm³/mol. The summed E-state index contributed by atoms with van der Waals surface area (Å²) in [6.45, 7) is 7.06. The number of nitrogens with zero attached hydrogens (tertiary/aromatic N) is 1. The average molecular weight is 444 g/mol. The van der Waals surface area contributed by atoms with Crippen LogP contribution in [-0.2, 0) is 11.2 Å². The van der Waals surface area contributed by atoms with Gasteiger partial charge >= 0.3 is 5.97 Å². The Morgan fingerprint density at radius 3 is 2.58 bits per heavy atom. The number of carboxylic acid groups (broad SMARTS) is 1. The Morgan fingerprint density at radius 2 is 1.87 bits per heavy atom. The van der Waals surface area contributed by atoms with Gasteiger partial charge in [-0.25, -0.2) is 4.98 Å². The summed E-state index contributed by atoms with van der Waals surface area (Å²) in [5.41, 5.74) is 1.44. The normalized spacial score (nSPS) is 27.7. The van der Waals surface area contributed by atoms with E-state index in [-0.39, 0.29) is 5.92 Å². The molecule has 1 aromatic heterocycles. The number of ether oxygens (including phenoxy) is 1. The first-order chi connectivity index (χ1) is 14.8. The van der Waals surface area contributed by atoms with E-state index in [0.29, 0.717) is 17.4 Å². The molecule has 0 aliphatic heterocycles. The van der Waals surface area contributed by atoms with Gasteiger partial charge in [-0.15, -0.1) is 11.3 Å². The van der Waals surface area contributed by atoms with Crippen molar-refractivity contribution in [3.63, 3.8) is 0 Å². The molecule has 1 N–H and O–H groups in total. The van der Waals surface area contributed by atoms with Gasteiger partial charge in [0.25, 0.3) is 0 Å². The molecule has 0 radical (unpaired) electrons. The Bertz CT molecular complexity index is 892. The Labute approximate surface area is 190 Å². The molecule has 4 rings (SSSR count). The Kier molecular flexibility index (Phi) is 6.90. The highest BCUT2D eigenvalue weighted by atomic mass is 32.1. The van der Waals surface area contributed by atoms with Crippen LogP contribution < -0.4 is 4.74 Å². The maximum absolute atomic E-state index is 11.3. The molecule has 2 fully saturated rings. The molecule has 2 unspecified atom stereocenters. The summed E-state index contributed by atoms with van der Waals surface area (Å²) >= 11 is 1.78. The van der Waals surface area contributed by atoms with Crippen molar-refractivity contribution in [1.82, 2.24) is 4.98 Å². The third kappa shape index (κ3) is 5.79. The lowest BCUT2D eigenvalue weighted by Crippen LogP contribution is -2.30. The van der Waals surface area contributed by atoms with Gasteiger partial charge in [-0.2, -0.15) is 0 Å². The summed E-state index contributed by atoms with van der Waals surface area (Å²) in [5, 5.41) is 10.5. The quantitative estimate of drug-likeness (QED) is 0.501. The molecule has 31 heavy (non-hydrogen) atoms. The fourth-order valence-corrected chi connectivity index (χ4v) is 6.49. The van der Waals surface area contributed by atoms with Gasteiger partial charge in [0.15, 0.2) is 0 Å². The number of carboxylic acids is 1. The topological polar surface area (TPSA) is 59.4 Å². The van der Waals surface area contributed by atoms with E-state index in [1.807, 2.05) is 0 Å². The van der Waals surface area contributed by atoms with Crippen LogP contribution in [0.3, 0.4) is 0 Å². The lowest BCUT2D eigenvalue weighted by Gasteiger charge is -2.36. The number of thiazole rings is 1. The van der Waals surface area contributed by atoms with Crippen LogP contribution in [0, 0.1) is 23.2 Å². The summed E-state index contributed by atoms with van der Waals surface area (Å²) in [6, 6.07) is 6.36. The molecule has 2 atom stereocenters. The first-order valence-electron chi connectivity index (χ1n) is 12.1. The minimum Gasteiger partial charge on any atom is -0.490 e. The molecule has 1 heterocycles. The molecular weight excluding hydrogens is 406 g/mol. The molecule has 4 nitrogen and oxygen atoms in total. The van der Waals surface area contributed by atoms with Gasteiger partial charge in [0, 0.05) is 12.5 Å². The number of fused-ring (bicyclic) bond motifs is 1. The molecule has 2 aliphatic carbocycles. The second kappa shape index (κ2) is 9.48. The average Bonchev–Trinajstić information content (AvgIpc) is 2.95. The molecular formula is C26H37NO3S. The molecule has 0 bridgehead atoms. The highest BCUT2D eigenvalue weighted by Crippen LogP contribution is 2.39. The van der Waals surface area contributed by atoms with Crippen molar-refractivity contribution in [1.29, 1.82) is 0 Å². The predicted octanol–water partition coefficient (Wildman–Crippen LogP) is 7.10. The lowest BCUT2D eigenvalue weighted by molar-refractivity contribution is -0.142. The van der Waals surface area contributed by atoms with Crippen LogP contribution in [0.4, 0.5) is 0 Å². The summed E-state index contributed by atoms with van der Waals surface area (Å²) < 4.78 is 7.56. The first-order valence-corrected chi connectivity index (χ1v) is 12.9. The van der Waals surface area contributed by atoms with Crippen LogP contribution in [0.25, 0.3) is 10.2 Å². The van der Waals surface area contributed by atoms with Crippen LogP contribution in [0.1, 0.15) is 83.6 Å². The van der Waals surface area contributed by atoms with Crippen LogP contribution in [-0.4, -0.2) is 22.2 Å². The van der Waals surface area contributed by atoms with Crippen molar-refractivity contribution < 1.29 is 14.6 Å². The molecule has 5 heteroatoms. The second-order valence-electron chi connectivity index (χ2n) is 10.8. The Morgan fingerprint density at radius 1 is 1.10 bits per heavy atom. The van der Waals surface area contributed by atoms with Crippen LogP contribution >= 0.6 is 11.3 Å². The van der Waals surface area contributed by atoms with E-state index < -0.39 is 5.97 Å². The second-order valence-corrected chi connectivity index (χ2v) is 11.9. The van der Waals surface area contributed by atoms with Crippen molar-refractivity contribution in [3.05, 3.63) is 23.2 Å². The van der Waals surface area contributed by atoms with Gasteiger partial charge in [-0.3, -0.25) is 4.79 Å². The zero-order valence-electron chi connectivity index (χ0n) is 19.2. The zero-order chi connectivity index (χ0) is 22.0. The van der Waals surface area contributed by atoms with E-state index in [1.165, 1.54) is 22.5 Å². The lowest BCUT2D eigenvalue weighted by atomic mass is 9.72. The summed E-state index contributed by atoms with van der Waals surface area (Å²) in [6.07, 6.45) is 10.8. The van der Waals surface area contributed by atoms with Gasteiger partial charge < -0.3 is 9.84 Å². The molecule has 0 saturated heterocycles. The van der Waals surface area contributed by atoms with Crippen molar-refractivity contribution in [2.24, 2.45) is 23.2 Å². The molecule has 0 amide bonds. The van der Waals surface area contributed by atoms with Gasteiger partial charge in [0.05, 0.1) is 27.2 Å². The Hall–Kier alpha value is -1.62. The molecule has 170 valence electrons. The monoisotopic (exact) mass is 443 g/mol. The third-order valence-electron chi connectivity index (χ3n) is 7.51. The number of hydrogen-bond donors (Lipinski definition) is 1. The maximum Gasteiger partial charge on any atom is 0.306 e. The smallest absolute Gasteiger partial charge is 0.306 e. The number of aliphatic carboxylic acids is 1. The molecule has 0 spiro atoms. The SMILES string of the molecule is CC(C)(C)C1CCC(Oc2ccc3sc(CC4CCCC(C(=O)O)CC4)nc3c2)CC1. The third-order valence-corrected chi connectivity index (χ3v) is 8.56. The van der Waals surface area contributed by atoms with E-state index >= 15 is 0 Å². The van der Waals surface area contributed by atoms with E-state index in [0.717, 1.165) is 68.6 Å². The number of benzene rings is 1. The highest BCUT2D eigenvalue weighted by molar-refractivity contribution is 7.18. The standard InChI is InChI=1S/C26H37NO3S/c1-26(2,3)19-9-11-20(12-10-19)30-21-13-14-23-22(16-21)27-24(31-23)15-17-5-4-6-18(8-7-17)25(28)29/h13-14,16-20H,4-12,15H2,1-3H3,(H,28,29). The summed E-state index contributed by atoms with van der Waals surface area (Å²) in [7, 11) is 0. The summed E-state index contributed by atoms with van der Waals surface area (Å²) in [4.78, 5) is 16.2. The number of rotatable bonds is 5. The molecule has 2 aromatic rings. The van der Waals surface area contributed by atoms with Gasteiger partial charge in [-0.05, 0) is 74.3 Å². The largest absolute Gasteiger partial charge is 0.490 e. The van der Waals surface area contributed by atoms with Crippen molar-refractivity contribution in [2.75, 3.05) is 0 Å². The van der Waals surface area contributed by atoms with Crippen LogP contribution in [0.2, 0.25) is 0 Å². The molecule has 2 saturated carbocycles. The van der Waals surface area contributed by atoms with Crippen molar-refractivity contribution in [3.8, 4) is 5.75 Å². The maximum atomic E-state index is 11.3. The van der Waals surface area contributed by atoms with Crippen molar-refractivity contribution >= 4 is 27.5 Å². The fourth-order valence-electron chi connectivity index (χ4n) is 5.43. The minimum atomic E-state index is -0.625. The molecule has 2 aliphatic rings.